The Morgan fingerprint density at radius 1 is 1.05 bits per heavy atom. The number of nitrogens with one attached hydrogen (secondary N) is 2. The number of sulfonamides is 1. The van der Waals surface area contributed by atoms with Crippen LogP contribution in [0.25, 0.3) is 23.3 Å². The Morgan fingerprint density at radius 3 is 2.38 bits per heavy atom. The van der Waals surface area contributed by atoms with Crippen LogP contribution in [0, 0.1) is 5.82 Å². The lowest BCUT2D eigenvalue weighted by atomic mass is 9.83. The molecule has 2 aromatic carbocycles. The fourth-order valence-corrected chi connectivity index (χ4v) is 4.60. The monoisotopic (exact) mass is 528 g/mol. The first-order chi connectivity index (χ1) is 17.3. The largest absolute Gasteiger partial charge is 0.496 e. The van der Waals surface area contributed by atoms with E-state index in [1.54, 1.807) is 32.4 Å². The predicted octanol–water partition coefficient (Wildman–Crippen LogP) is 5.22. The van der Waals surface area contributed by atoms with Crippen LogP contribution in [-0.2, 0) is 26.6 Å². The molecule has 0 bridgehead atoms. The molecule has 0 spiro atoms. The van der Waals surface area contributed by atoms with Crippen molar-refractivity contribution in [1.29, 1.82) is 0 Å². The lowest BCUT2D eigenvalue weighted by molar-refractivity contribution is 0.202. The predicted molar refractivity (Wildman–Crippen MR) is 147 cm³/mol. The van der Waals surface area contributed by atoms with Crippen LogP contribution in [0.4, 0.5) is 10.1 Å². The first-order valence-electron chi connectivity index (χ1n) is 11.7. The molecule has 9 heteroatoms. The van der Waals surface area contributed by atoms with E-state index < -0.39 is 21.4 Å². The van der Waals surface area contributed by atoms with E-state index in [1.165, 1.54) is 6.07 Å². The molecule has 3 aromatic rings. The number of hydrogen-bond donors (Lipinski definition) is 2. The van der Waals surface area contributed by atoms with Crippen LogP contribution in [0.5, 0.6) is 5.75 Å². The Labute approximate surface area is 217 Å². The molecule has 3 rings (SSSR count). The summed E-state index contributed by atoms with van der Waals surface area (Å²) in [5.74, 6) is 0.111. The summed E-state index contributed by atoms with van der Waals surface area (Å²) in [6, 6.07) is 10.2. The van der Waals surface area contributed by atoms with E-state index in [-0.39, 0.29) is 11.0 Å². The van der Waals surface area contributed by atoms with E-state index in [0.29, 0.717) is 35.6 Å². The normalized spacial score (nSPS) is 12.2. The fraction of sp³-hybridized carbons (Fsp3) is 0.321. The van der Waals surface area contributed by atoms with E-state index in [0.717, 1.165) is 29.1 Å². The molecule has 0 radical (unpaired) electrons. The number of aromatic amines is 1. The van der Waals surface area contributed by atoms with Crippen molar-refractivity contribution < 1.29 is 22.3 Å². The number of hydrogen-bond acceptors (Lipinski definition) is 5. The summed E-state index contributed by atoms with van der Waals surface area (Å²) in [7, 11) is -0.225. The molecule has 0 unspecified atom stereocenters. The number of anilines is 1. The minimum Gasteiger partial charge on any atom is -0.496 e. The van der Waals surface area contributed by atoms with Gasteiger partial charge in [-0.2, -0.15) is 0 Å². The van der Waals surface area contributed by atoms with E-state index in [2.05, 4.69) is 9.71 Å². The molecule has 0 aliphatic carbocycles. The quantitative estimate of drug-likeness (QED) is 0.371. The van der Waals surface area contributed by atoms with Gasteiger partial charge in [-0.15, -0.1) is 0 Å². The third kappa shape index (κ3) is 7.30. The van der Waals surface area contributed by atoms with Gasteiger partial charge in [0, 0.05) is 35.7 Å². The highest BCUT2D eigenvalue weighted by Gasteiger charge is 2.23. The van der Waals surface area contributed by atoms with Crippen molar-refractivity contribution in [3.63, 3.8) is 0 Å². The molecule has 0 aliphatic rings. The molecule has 0 aliphatic heterocycles. The zero-order chi connectivity index (χ0) is 27.4. The van der Waals surface area contributed by atoms with Gasteiger partial charge in [-0.3, -0.25) is 9.52 Å². The van der Waals surface area contributed by atoms with Gasteiger partial charge >= 0.3 is 0 Å². The Balaban J connectivity index is 2.17. The molecule has 1 aromatic heterocycles. The maximum Gasteiger partial charge on any atom is 0.256 e. The van der Waals surface area contributed by atoms with Gasteiger partial charge in [0.2, 0.25) is 10.0 Å². The zero-order valence-corrected chi connectivity index (χ0v) is 22.8. The molecular weight excluding hydrogens is 495 g/mol. The van der Waals surface area contributed by atoms with Crippen LogP contribution in [0.15, 0.2) is 47.4 Å². The molecule has 1 heterocycles. The Hall–Kier alpha value is -3.43. The molecule has 0 atom stereocenters. The second kappa shape index (κ2) is 11.3. The van der Waals surface area contributed by atoms with Crippen molar-refractivity contribution in [2.24, 2.45) is 0 Å². The smallest absolute Gasteiger partial charge is 0.256 e. The van der Waals surface area contributed by atoms with Crippen LogP contribution in [0.1, 0.15) is 43.0 Å². The van der Waals surface area contributed by atoms with Gasteiger partial charge < -0.3 is 14.5 Å². The third-order valence-corrected chi connectivity index (χ3v) is 6.38. The SMILES string of the molecule is COCCc1cc(NS(C)(=O)=O)ccc1/C=C/c1cc(-c2cc(F)c[nH]c2=O)cc(C(C)(C)C)c1OC. The van der Waals surface area contributed by atoms with Gasteiger partial charge in [-0.1, -0.05) is 39.0 Å². The van der Waals surface area contributed by atoms with E-state index in [9.17, 15) is 17.6 Å². The molecule has 37 heavy (non-hydrogen) atoms. The maximum absolute atomic E-state index is 14.0. The van der Waals surface area contributed by atoms with Crippen LogP contribution in [0.3, 0.4) is 0 Å². The topological polar surface area (TPSA) is 97.5 Å². The molecular formula is C28H33FN2O5S. The van der Waals surface area contributed by atoms with Gasteiger partial charge in [0.05, 0.1) is 20.0 Å². The molecule has 2 N–H and O–H groups in total. The summed E-state index contributed by atoms with van der Waals surface area (Å²) in [4.78, 5) is 15.0. The van der Waals surface area contributed by atoms with Crippen molar-refractivity contribution >= 4 is 27.9 Å². The van der Waals surface area contributed by atoms with E-state index >= 15 is 0 Å². The van der Waals surface area contributed by atoms with Crippen molar-refractivity contribution in [1.82, 2.24) is 4.98 Å². The molecule has 0 saturated carbocycles. The average molecular weight is 529 g/mol. The van der Waals surface area contributed by atoms with Crippen LogP contribution in [0.2, 0.25) is 0 Å². The number of ether oxygens (including phenoxy) is 2. The van der Waals surface area contributed by atoms with Gasteiger partial charge in [-0.05, 0) is 58.9 Å². The summed E-state index contributed by atoms with van der Waals surface area (Å²) in [5, 5.41) is 0. The van der Waals surface area contributed by atoms with Crippen LogP contribution in [-0.4, -0.2) is 40.5 Å². The fourth-order valence-electron chi connectivity index (χ4n) is 4.04. The number of rotatable bonds is 9. The van der Waals surface area contributed by atoms with Crippen molar-refractivity contribution in [3.8, 4) is 16.9 Å². The minimum atomic E-state index is -3.42. The van der Waals surface area contributed by atoms with Crippen molar-refractivity contribution in [2.45, 2.75) is 32.6 Å². The van der Waals surface area contributed by atoms with E-state index in [4.69, 9.17) is 9.47 Å². The molecule has 0 saturated heterocycles. The van der Waals surface area contributed by atoms with Gasteiger partial charge in [0.25, 0.3) is 5.56 Å². The highest BCUT2D eigenvalue weighted by atomic mass is 32.2. The summed E-state index contributed by atoms with van der Waals surface area (Å²) in [6.45, 7) is 6.56. The summed E-state index contributed by atoms with van der Waals surface area (Å²) >= 11 is 0. The molecule has 0 amide bonds. The van der Waals surface area contributed by atoms with Gasteiger partial charge in [0.15, 0.2) is 0 Å². The second-order valence-electron chi connectivity index (χ2n) is 9.82. The highest BCUT2D eigenvalue weighted by molar-refractivity contribution is 7.92. The standard InChI is InChI=1S/C28H33FN2O5S/c1-28(2,3)25-15-21(24-16-22(29)17-30-27(24)32)13-20(26(25)36-5)8-7-18-9-10-23(31-37(6,33)34)14-19(18)11-12-35-4/h7-10,13-17,31H,11-12H2,1-6H3,(H,30,32)/b8-7+. The summed E-state index contributed by atoms with van der Waals surface area (Å²) in [6.07, 6.45) is 6.48. The first kappa shape index (κ1) is 28.1. The Bertz CT molecular complexity index is 1470. The lowest BCUT2D eigenvalue weighted by Gasteiger charge is -2.24. The van der Waals surface area contributed by atoms with Crippen LogP contribution >= 0.6 is 0 Å². The number of aromatic nitrogens is 1. The molecule has 198 valence electrons. The van der Waals surface area contributed by atoms with Gasteiger partial charge in [0.1, 0.15) is 11.6 Å². The maximum atomic E-state index is 14.0. The van der Waals surface area contributed by atoms with Crippen LogP contribution < -0.4 is 15.0 Å². The second-order valence-corrected chi connectivity index (χ2v) is 11.6. The lowest BCUT2D eigenvalue weighted by Crippen LogP contribution is -2.15. The number of methoxy groups -OCH3 is 2. The highest BCUT2D eigenvalue weighted by Crippen LogP contribution is 2.38. The number of benzene rings is 2. The summed E-state index contributed by atoms with van der Waals surface area (Å²) in [5.41, 5.74) is 3.87. The number of halogens is 1. The van der Waals surface area contributed by atoms with Gasteiger partial charge in [-0.25, -0.2) is 12.8 Å². The third-order valence-electron chi connectivity index (χ3n) is 5.77. The zero-order valence-electron chi connectivity index (χ0n) is 21.9. The van der Waals surface area contributed by atoms with Crippen molar-refractivity contribution in [2.75, 3.05) is 31.8 Å². The minimum absolute atomic E-state index is 0.222. The average Bonchev–Trinajstić information content (AvgIpc) is 2.81. The summed E-state index contributed by atoms with van der Waals surface area (Å²) < 4.78 is 50.9. The number of pyridine rings is 1. The Kier molecular flexibility index (Phi) is 8.60. The van der Waals surface area contributed by atoms with Crippen molar-refractivity contribution in [3.05, 3.63) is 81.0 Å². The Morgan fingerprint density at radius 2 is 1.76 bits per heavy atom. The first-order valence-corrected chi connectivity index (χ1v) is 13.6. The molecule has 7 nitrogen and oxygen atoms in total. The number of H-pyrrole nitrogens is 1. The molecule has 0 fully saturated rings. The van der Waals surface area contributed by atoms with E-state index in [1.807, 2.05) is 45.1 Å².